The molecule has 1 aliphatic rings. The SMILES string of the molecule is O=C(COc1ccc(-n2cnnn2)cc1)N1c2ccccc2OC[C@H]1c1ccccc1. The van der Waals surface area contributed by atoms with Gasteiger partial charge in [-0.05, 0) is 52.4 Å². The Kier molecular flexibility index (Phi) is 5.02. The summed E-state index contributed by atoms with van der Waals surface area (Å²) in [6.07, 6.45) is 1.51. The maximum atomic E-state index is 13.3. The van der Waals surface area contributed by atoms with E-state index in [0.29, 0.717) is 18.1 Å². The second-order valence-corrected chi connectivity index (χ2v) is 7.01. The highest BCUT2D eigenvalue weighted by atomic mass is 16.5. The lowest BCUT2D eigenvalue weighted by Gasteiger charge is -2.37. The number of tetrazole rings is 1. The number of fused-ring (bicyclic) bond motifs is 1. The van der Waals surface area contributed by atoms with Gasteiger partial charge in [-0.15, -0.1) is 5.10 Å². The van der Waals surface area contributed by atoms with Crippen molar-refractivity contribution in [1.82, 2.24) is 20.2 Å². The molecule has 4 aromatic rings. The first kappa shape index (κ1) is 18.8. The maximum Gasteiger partial charge on any atom is 0.265 e. The van der Waals surface area contributed by atoms with Gasteiger partial charge in [-0.3, -0.25) is 9.69 Å². The number of hydrogen-bond donors (Lipinski definition) is 0. The number of para-hydroxylation sites is 2. The monoisotopic (exact) mass is 413 g/mol. The van der Waals surface area contributed by atoms with Crippen LogP contribution in [0.2, 0.25) is 0 Å². The molecule has 154 valence electrons. The molecule has 2 heterocycles. The van der Waals surface area contributed by atoms with Gasteiger partial charge in [0.25, 0.3) is 5.91 Å². The number of ether oxygens (including phenoxy) is 2. The molecule has 1 amide bonds. The van der Waals surface area contributed by atoms with Crippen LogP contribution in [0.1, 0.15) is 11.6 Å². The summed E-state index contributed by atoms with van der Waals surface area (Å²) in [7, 11) is 0. The molecule has 1 aliphatic heterocycles. The fraction of sp³-hybridized carbons (Fsp3) is 0.130. The Morgan fingerprint density at radius 1 is 1.00 bits per heavy atom. The van der Waals surface area contributed by atoms with Gasteiger partial charge in [0.2, 0.25) is 0 Å². The van der Waals surface area contributed by atoms with E-state index < -0.39 is 0 Å². The standard InChI is InChI=1S/C23H19N5O3/c29-23(15-30-19-12-10-18(11-13-19)27-16-24-25-26-27)28-20-8-4-5-9-22(20)31-14-21(28)17-6-2-1-3-7-17/h1-13,16,21H,14-15H2/t21-/m0/s1. The third-order valence-corrected chi connectivity index (χ3v) is 5.10. The predicted molar refractivity (Wildman–Crippen MR) is 113 cm³/mol. The van der Waals surface area contributed by atoms with Crippen LogP contribution in [0.5, 0.6) is 11.5 Å². The quantitative estimate of drug-likeness (QED) is 0.500. The fourth-order valence-corrected chi connectivity index (χ4v) is 3.61. The van der Waals surface area contributed by atoms with Crippen LogP contribution in [0.15, 0.2) is 85.2 Å². The van der Waals surface area contributed by atoms with Crippen LogP contribution in [0.25, 0.3) is 5.69 Å². The molecule has 8 heteroatoms. The Labute approximate surface area is 178 Å². The summed E-state index contributed by atoms with van der Waals surface area (Å²) in [6.45, 7) is 0.287. The van der Waals surface area contributed by atoms with Gasteiger partial charge in [0, 0.05) is 0 Å². The highest BCUT2D eigenvalue weighted by Gasteiger charge is 2.33. The van der Waals surface area contributed by atoms with Gasteiger partial charge < -0.3 is 9.47 Å². The van der Waals surface area contributed by atoms with Crippen LogP contribution >= 0.6 is 0 Å². The van der Waals surface area contributed by atoms with Crippen LogP contribution in [-0.4, -0.2) is 39.3 Å². The van der Waals surface area contributed by atoms with Gasteiger partial charge in [0.05, 0.1) is 17.4 Å². The Morgan fingerprint density at radius 2 is 1.77 bits per heavy atom. The highest BCUT2D eigenvalue weighted by molar-refractivity contribution is 5.97. The lowest BCUT2D eigenvalue weighted by atomic mass is 10.0. The molecule has 1 atom stereocenters. The lowest BCUT2D eigenvalue weighted by molar-refractivity contribution is -0.121. The Bertz CT molecular complexity index is 1160. The molecule has 1 aromatic heterocycles. The van der Waals surface area contributed by atoms with Crippen molar-refractivity contribution in [2.24, 2.45) is 0 Å². The predicted octanol–water partition coefficient (Wildman–Crippen LogP) is 3.21. The van der Waals surface area contributed by atoms with Crippen molar-refractivity contribution >= 4 is 11.6 Å². The number of benzene rings is 3. The first-order valence-corrected chi connectivity index (χ1v) is 9.85. The molecule has 0 N–H and O–H groups in total. The van der Waals surface area contributed by atoms with Crippen molar-refractivity contribution < 1.29 is 14.3 Å². The average molecular weight is 413 g/mol. The van der Waals surface area contributed by atoms with E-state index in [-0.39, 0.29) is 18.6 Å². The van der Waals surface area contributed by atoms with E-state index in [0.717, 1.165) is 16.9 Å². The van der Waals surface area contributed by atoms with Crippen molar-refractivity contribution in [3.63, 3.8) is 0 Å². The van der Waals surface area contributed by atoms with Crippen LogP contribution in [-0.2, 0) is 4.79 Å². The molecule has 0 aliphatic carbocycles. The van der Waals surface area contributed by atoms with E-state index in [1.54, 1.807) is 21.7 Å². The zero-order valence-electron chi connectivity index (χ0n) is 16.5. The summed E-state index contributed by atoms with van der Waals surface area (Å²) < 4.78 is 13.3. The number of amides is 1. The molecule has 8 nitrogen and oxygen atoms in total. The van der Waals surface area contributed by atoms with E-state index in [9.17, 15) is 4.79 Å². The van der Waals surface area contributed by atoms with Crippen LogP contribution in [0.3, 0.4) is 0 Å². The molecule has 0 fully saturated rings. The van der Waals surface area contributed by atoms with E-state index in [1.165, 1.54) is 6.33 Å². The summed E-state index contributed by atoms with van der Waals surface area (Å²) >= 11 is 0. The Morgan fingerprint density at radius 3 is 2.55 bits per heavy atom. The van der Waals surface area contributed by atoms with E-state index in [2.05, 4.69) is 15.5 Å². The maximum absolute atomic E-state index is 13.3. The normalized spacial score (nSPS) is 15.1. The molecule has 0 spiro atoms. The molecule has 0 unspecified atom stereocenters. The van der Waals surface area contributed by atoms with Crippen molar-refractivity contribution in [2.45, 2.75) is 6.04 Å². The van der Waals surface area contributed by atoms with E-state index in [1.807, 2.05) is 66.7 Å². The van der Waals surface area contributed by atoms with Gasteiger partial charge >= 0.3 is 0 Å². The summed E-state index contributed by atoms with van der Waals surface area (Å²) in [5.41, 5.74) is 2.55. The van der Waals surface area contributed by atoms with Gasteiger partial charge in [-0.1, -0.05) is 42.5 Å². The number of nitrogens with zero attached hydrogens (tertiary/aromatic N) is 5. The van der Waals surface area contributed by atoms with Gasteiger partial charge in [-0.25, -0.2) is 4.68 Å². The first-order valence-electron chi connectivity index (χ1n) is 9.85. The minimum absolute atomic E-state index is 0.0953. The van der Waals surface area contributed by atoms with Crippen molar-refractivity contribution in [3.8, 4) is 17.2 Å². The fourth-order valence-electron chi connectivity index (χ4n) is 3.61. The third kappa shape index (κ3) is 3.83. The molecule has 0 radical (unpaired) electrons. The zero-order chi connectivity index (χ0) is 21.0. The zero-order valence-corrected chi connectivity index (χ0v) is 16.5. The van der Waals surface area contributed by atoms with E-state index in [4.69, 9.17) is 9.47 Å². The topological polar surface area (TPSA) is 82.4 Å². The third-order valence-electron chi connectivity index (χ3n) is 5.10. The number of carbonyl (C=O) groups excluding carboxylic acids is 1. The average Bonchev–Trinajstić information content (AvgIpc) is 3.38. The molecule has 31 heavy (non-hydrogen) atoms. The molecule has 0 saturated carbocycles. The lowest BCUT2D eigenvalue weighted by Crippen LogP contribution is -2.43. The second kappa shape index (κ2) is 8.27. The summed E-state index contributed by atoms with van der Waals surface area (Å²) in [5.74, 6) is 1.13. The van der Waals surface area contributed by atoms with Crippen LogP contribution in [0, 0.1) is 0 Å². The molecule has 0 saturated heterocycles. The number of rotatable bonds is 5. The van der Waals surface area contributed by atoms with Crippen LogP contribution in [0.4, 0.5) is 5.69 Å². The van der Waals surface area contributed by atoms with Gasteiger partial charge in [0.1, 0.15) is 24.4 Å². The van der Waals surface area contributed by atoms with Gasteiger partial charge in [-0.2, -0.15) is 0 Å². The van der Waals surface area contributed by atoms with Crippen molar-refractivity contribution in [1.29, 1.82) is 0 Å². The molecule has 3 aromatic carbocycles. The summed E-state index contributed by atoms with van der Waals surface area (Å²) in [6, 6.07) is 24.4. The Balaban J connectivity index is 1.36. The van der Waals surface area contributed by atoms with Crippen molar-refractivity contribution in [2.75, 3.05) is 18.1 Å². The Hall–Kier alpha value is -4.20. The van der Waals surface area contributed by atoms with Gasteiger partial charge in [0.15, 0.2) is 6.61 Å². The van der Waals surface area contributed by atoms with Crippen molar-refractivity contribution in [3.05, 3.63) is 90.8 Å². The molecule has 5 rings (SSSR count). The number of aromatic nitrogens is 4. The molecular formula is C23H19N5O3. The number of hydrogen-bond acceptors (Lipinski definition) is 6. The first-order chi connectivity index (χ1) is 15.3. The second-order valence-electron chi connectivity index (χ2n) is 7.01. The van der Waals surface area contributed by atoms with E-state index >= 15 is 0 Å². The minimum atomic E-state index is -0.227. The minimum Gasteiger partial charge on any atom is -0.489 e. The molecular weight excluding hydrogens is 394 g/mol. The van der Waals surface area contributed by atoms with Crippen LogP contribution < -0.4 is 14.4 Å². The summed E-state index contributed by atoms with van der Waals surface area (Å²) in [4.78, 5) is 15.1. The smallest absolute Gasteiger partial charge is 0.265 e. The highest BCUT2D eigenvalue weighted by Crippen LogP contribution is 2.39. The number of anilines is 1. The number of carbonyl (C=O) groups is 1. The largest absolute Gasteiger partial charge is 0.489 e. The molecule has 0 bridgehead atoms. The summed E-state index contributed by atoms with van der Waals surface area (Å²) in [5, 5.41) is 11.1.